The lowest BCUT2D eigenvalue weighted by Gasteiger charge is -2.07. The number of nitriles is 1. The van der Waals surface area contributed by atoms with Gasteiger partial charge in [-0.1, -0.05) is 12.1 Å². The number of aromatic nitrogens is 1. The van der Waals surface area contributed by atoms with E-state index in [0.717, 1.165) is 0 Å². The fourth-order valence-corrected chi connectivity index (χ4v) is 1.32. The number of nitrogens with one attached hydrogen (secondary N) is 1. The molecule has 0 aliphatic heterocycles. The van der Waals surface area contributed by atoms with E-state index in [-0.39, 0.29) is 5.31 Å². The molecule has 0 aliphatic rings. The van der Waals surface area contributed by atoms with E-state index in [4.69, 9.17) is 13.9 Å². The first kappa shape index (κ1) is 6.58. The molecule has 1 aromatic carbocycles. The number of pyridine rings is 1. The van der Waals surface area contributed by atoms with Gasteiger partial charge in [0, 0.05) is 11.7 Å². The Morgan fingerprint density at radius 3 is 3.09 bits per heavy atom. The van der Waals surface area contributed by atoms with Gasteiger partial charge in [-0.3, -0.25) is 9.59 Å². The second-order valence-corrected chi connectivity index (χ2v) is 3.65. The predicted molar refractivity (Wildman–Crippen MR) is 76.0 cm³/mol. The van der Waals surface area contributed by atoms with Crippen molar-refractivity contribution in [2.75, 3.05) is 6.52 Å². The van der Waals surface area contributed by atoms with Crippen molar-refractivity contribution in [2.45, 2.75) is 0 Å². The number of aromatic hydroxyl groups is 1. The molecule has 0 saturated heterocycles. The molecular weight excluding hydrogens is 286 g/mol. The van der Waals surface area contributed by atoms with E-state index in [1.165, 1.54) is 6.07 Å². The maximum atomic E-state index is 12.5. The molecule has 1 amide bonds. The second-order valence-electron chi connectivity index (χ2n) is 3.65. The minimum Gasteiger partial charge on any atom is -0.505 e. The van der Waals surface area contributed by atoms with Gasteiger partial charge in [-0.2, -0.15) is 5.26 Å². The SMILES string of the molecule is [2H]OC(=O)C([2H])N([2H])C(=O)c1nc([2H])c(-c2c([2H])c([2H])c([2H])c(C#N)c2[2H])c([2H])c1O[2H]. The number of carbonyl (C=O) groups is 2. The molecule has 0 radical (unpaired) electrons. The van der Waals surface area contributed by atoms with Crippen molar-refractivity contribution in [3.05, 3.63) is 47.6 Å². The average Bonchev–Trinajstić information content (AvgIpc) is 2.77. The summed E-state index contributed by atoms with van der Waals surface area (Å²) in [6.07, 6.45) is -0.944. The highest BCUT2D eigenvalue weighted by molar-refractivity contribution is 5.96. The Morgan fingerprint density at radius 2 is 2.36 bits per heavy atom. The first-order chi connectivity index (χ1) is 14.9. The van der Waals surface area contributed by atoms with Crippen LogP contribution in [0.1, 0.15) is 25.6 Å². The van der Waals surface area contributed by atoms with Crippen molar-refractivity contribution in [1.29, 1.82) is 8.12 Å². The number of carboxylic acid groups (broad SMARTS) is 1. The fourth-order valence-electron chi connectivity index (χ4n) is 1.32. The van der Waals surface area contributed by atoms with Crippen molar-refractivity contribution >= 4 is 11.9 Å². The Hall–Kier alpha value is -3.40. The summed E-state index contributed by atoms with van der Waals surface area (Å²) >= 11 is 0. The zero-order valence-electron chi connectivity index (χ0n) is 20.6. The number of hydrogen-bond donors (Lipinski definition) is 3. The highest BCUT2D eigenvalue weighted by Crippen LogP contribution is 2.25. The molecule has 7 heteroatoms. The number of amides is 1. The Kier molecular flexibility index (Phi) is 1.90. The Balaban J connectivity index is 2.81. The summed E-state index contributed by atoms with van der Waals surface area (Å²) in [5.41, 5.74) is -2.89. The van der Waals surface area contributed by atoms with Gasteiger partial charge in [0.2, 0.25) is 0 Å². The summed E-state index contributed by atoms with van der Waals surface area (Å²) in [6.45, 7) is -2.34. The summed E-state index contributed by atoms with van der Waals surface area (Å²) in [6, 6.07) is -2.45. The van der Waals surface area contributed by atoms with Crippen molar-refractivity contribution in [3.8, 4) is 22.9 Å². The standard InChI is InChI=1S/C15H11N3O4/c16-6-9-2-1-3-10(4-9)11-5-12(19)14(17-7-11)15(22)18-8-13(20)21/h1-5,7,19H,8H2,(H,18,22)(H,20,21)/i1D,2D,3D,4D,5D,7D,8D/hD3. The van der Waals surface area contributed by atoms with Gasteiger partial charge >= 0.3 is 5.97 Å². The monoisotopic (exact) mass is 307 g/mol. The largest absolute Gasteiger partial charge is 0.505 e. The molecule has 0 saturated carbocycles. The van der Waals surface area contributed by atoms with Crippen molar-refractivity contribution in [3.63, 3.8) is 0 Å². The molecule has 0 spiro atoms. The van der Waals surface area contributed by atoms with Gasteiger partial charge in [-0.15, -0.1) is 0 Å². The zero-order valence-corrected chi connectivity index (χ0v) is 10.6. The van der Waals surface area contributed by atoms with Crippen LogP contribution in [0.5, 0.6) is 5.75 Å². The number of benzene rings is 1. The number of carbonyl (C=O) groups excluding carboxylic acids is 1. The molecule has 0 bridgehead atoms. The molecule has 2 rings (SSSR count). The lowest BCUT2D eigenvalue weighted by molar-refractivity contribution is -0.135. The first-order valence-corrected chi connectivity index (χ1v) is 5.51. The highest BCUT2D eigenvalue weighted by atomic mass is 16.4. The van der Waals surface area contributed by atoms with Crippen molar-refractivity contribution in [2.24, 2.45) is 0 Å². The van der Waals surface area contributed by atoms with Gasteiger partial charge in [-0.05, 0) is 23.7 Å². The van der Waals surface area contributed by atoms with Crippen LogP contribution in [0.3, 0.4) is 0 Å². The molecule has 0 aliphatic carbocycles. The van der Waals surface area contributed by atoms with Crippen molar-refractivity contribution in [1.82, 2.24) is 10.3 Å². The summed E-state index contributed by atoms with van der Waals surface area (Å²) in [4.78, 5) is 27.2. The summed E-state index contributed by atoms with van der Waals surface area (Å²) < 4.78 is 76.4. The van der Waals surface area contributed by atoms with Crippen LogP contribution in [0.25, 0.3) is 12.6 Å². The van der Waals surface area contributed by atoms with Crippen LogP contribution >= 0.6 is 0 Å². The van der Waals surface area contributed by atoms with Crippen LogP contribution in [-0.2, 0) is 4.79 Å². The first-order valence-electron chi connectivity index (χ1n) is 10.3. The van der Waals surface area contributed by atoms with E-state index >= 15 is 0 Å². The maximum absolute atomic E-state index is 12.5. The van der Waals surface area contributed by atoms with E-state index in [2.05, 4.69) is 15.2 Å². The Bertz CT molecular complexity index is 1170. The normalized spacial score (nSPS) is 17.2. The summed E-state index contributed by atoms with van der Waals surface area (Å²) in [7, 11) is 0. The van der Waals surface area contributed by atoms with Gasteiger partial charge in [-0.25, -0.2) is 4.98 Å². The van der Waals surface area contributed by atoms with E-state index in [9.17, 15) is 14.9 Å². The molecule has 1 heterocycles. The smallest absolute Gasteiger partial charge is 0.322 e. The molecule has 22 heavy (non-hydrogen) atoms. The van der Waals surface area contributed by atoms with Gasteiger partial charge in [0.1, 0.15) is 12.3 Å². The minimum atomic E-state index is -2.34. The Labute approximate surface area is 139 Å². The van der Waals surface area contributed by atoms with Gasteiger partial charge in [0.05, 0.1) is 21.2 Å². The fraction of sp³-hybridized carbons (Fsp3) is 0.0667. The Morgan fingerprint density at radius 1 is 1.50 bits per heavy atom. The van der Waals surface area contributed by atoms with Crippen LogP contribution in [0.2, 0.25) is 1.41 Å². The molecule has 7 nitrogen and oxygen atoms in total. The lowest BCUT2D eigenvalue weighted by atomic mass is 10.0. The molecule has 2 aromatic rings. The quantitative estimate of drug-likeness (QED) is 0.761. The third-order valence-electron chi connectivity index (χ3n) is 2.21. The molecular formula is C15H11N3O4. The third-order valence-corrected chi connectivity index (χ3v) is 2.21. The maximum Gasteiger partial charge on any atom is 0.322 e. The van der Waals surface area contributed by atoms with E-state index in [1.54, 1.807) is 0 Å². The van der Waals surface area contributed by atoms with Gasteiger partial charge in [0.25, 0.3) is 8.77 Å². The molecule has 1 unspecified atom stereocenters. The zero-order chi connectivity index (χ0) is 24.5. The second kappa shape index (κ2) is 6.37. The molecule has 1 atom stereocenters. The van der Waals surface area contributed by atoms with E-state index in [0.29, 0.717) is 0 Å². The highest BCUT2D eigenvalue weighted by Gasteiger charge is 2.15. The summed E-state index contributed by atoms with van der Waals surface area (Å²) in [5.74, 6) is -4.14. The topological polar surface area (TPSA) is 123 Å². The van der Waals surface area contributed by atoms with Crippen molar-refractivity contribution < 1.29 is 30.8 Å². The third kappa shape index (κ3) is 3.37. The average molecular weight is 307 g/mol. The van der Waals surface area contributed by atoms with Gasteiger partial charge in [0.15, 0.2) is 7.11 Å². The number of nitrogens with zero attached hydrogens (tertiary/aromatic N) is 2. The van der Waals surface area contributed by atoms with E-state index in [1.807, 2.05) is 0 Å². The van der Waals surface area contributed by atoms with Crippen LogP contribution in [0, 0.1) is 11.3 Å². The van der Waals surface area contributed by atoms with Crippen LogP contribution < -0.4 is 5.31 Å². The van der Waals surface area contributed by atoms with Gasteiger partial charge < -0.3 is 15.5 Å². The molecule has 110 valence electrons. The molecule has 0 fully saturated rings. The van der Waals surface area contributed by atoms with E-state index < -0.39 is 82.9 Å². The summed E-state index contributed by atoms with van der Waals surface area (Å²) in [5, 5.41) is 16.6. The predicted octanol–water partition coefficient (Wildman–Crippen LogP) is 1.14. The lowest BCUT2D eigenvalue weighted by Crippen LogP contribution is -2.29. The number of rotatable bonds is 5. The number of carboxylic acids is 1. The minimum absolute atomic E-state index is 0.295. The molecule has 3 N–H and O–H groups in total. The van der Waals surface area contributed by atoms with Crippen LogP contribution in [0.15, 0.2) is 36.4 Å². The molecule has 1 aromatic heterocycles. The number of aliphatic carboxylic acids is 1. The van der Waals surface area contributed by atoms with Crippen LogP contribution in [0.4, 0.5) is 0 Å². The van der Waals surface area contributed by atoms with Crippen LogP contribution in [-0.4, -0.2) is 35.0 Å². The number of hydrogen-bond acceptors (Lipinski definition) is 6.